The second-order valence-electron chi connectivity index (χ2n) is 11.6. The molecule has 0 N–H and O–H groups in total. The predicted octanol–water partition coefficient (Wildman–Crippen LogP) is 11.4. The van der Waals surface area contributed by atoms with Crippen LogP contribution in [0.25, 0.3) is 97.8 Å². The summed E-state index contributed by atoms with van der Waals surface area (Å²) in [7, 11) is 0. The van der Waals surface area contributed by atoms with Crippen molar-refractivity contribution >= 4 is 75.0 Å². The van der Waals surface area contributed by atoms with E-state index in [0.717, 1.165) is 54.8 Å². The fourth-order valence-electron chi connectivity index (χ4n) is 6.69. The number of rotatable bonds is 3. The molecule has 0 aliphatic carbocycles. The molecule has 4 nitrogen and oxygen atoms in total. The minimum absolute atomic E-state index is 0.582. The van der Waals surface area contributed by atoms with Gasteiger partial charge < -0.3 is 4.42 Å². The van der Waals surface area contributed by atoms with Gasteiger partial charge in [0.1, 0.15) is 11.2 Å². The largest absolute Gasteiger partial charge is 0.455 e. The van der Waals surface area contributed by atoms with E-state index >= 15 is 0 Å². The van der Waals surface area contributed by atoms with E-state index in [1.165, 1.54) is 25.6 Å². The van der Waals surface area contributed by atoms with Gasteiger partial charge in [-0.05, 0) is 51.9 Å². The number of fused-ring (bicyclic) bond motifs is 8. The first-order chi connectivity index (χ1) is 22.8. The van der Waals surface area contributed by atoms with Crippen LogP contribution in [0.2, 0.25) is 0 Å². The molecule has 0 aliphatic heterocycles. The third kappa shape index (κ3) is 3.89. The summed E-state index contributed by atoms with van der Waals surface area (Å²) < 4.78 is 9.08. The third-order valence-electron chi connectivity index (χ3n) is 8.91. The van der Waals surface area contributed by atoms with E-state index in [1.807, 2.05) is 6.07 Å². The number of nitrogens with zero attached hydrogens (tertiary/aromatic N) is 3. The Balaban J connectivity index is 1.24. The minimum atomic E-state index is 0.582. The van der Waals surface area contributed by atoms with E-state index in [-0.39, 0.29) is 0 Å². The second kappa shape index (κ2) is 9.80. The zero-order valence-electron chi connectivity index (χ0n) is 24.4. The van der Waals surface area contributed by atoms with Gasteiger partial charge in [-0.3, -0.25) is 0 Å². The van der Waals surface area contributed by atoms with Gasteiger partial charge in [0, 0.05) is 42.1 Å². The number of thiophene rings is 1. The Morgan fingerprint density at radius 2 is 1.04 bits per heavy atom. The minimum Gasteiger partial charge on any atom is -0.455 e. The van der Waals surface area contributed by atoms with Crippen LogP contribution in [-0.2, 0) is 0 Å². The molecule has 7 aromatic carbocycles. The maximum absolute atomic E-state index is 6.60. The standard InChI is InChI=1S/C41H23N3OS/c1-2-11-26-22-35-34(21-25(26)10-1)31-15-8-17-33(38(31)45-35)41-43-39(27-19-20-30-29-14-5-6-18-36(29)46-37(30)23-27)42-40(44-41)32-16-7-12-24-9-3-4-13-28(24)32/h1-23H. The average Bonchev–Trinajstić information content (AvgIpc) is 3.67. The van der Waals surface area contributed by atoms with E-state index in [1.54, 1.807) is 11.3 Å². The fraction of sp³-hybridized carbons (Fsp3) is 0. The molecule has 46 heavy (non-hydrogen) atoms. The molecule has 0 saturated carbocycles. The van der Waals surface area contributed by atoms with Crippen LogP contribution < -0.4 is 0 Å². The van der Waals surface area contributed by atoms with Gasteiger partial charge in [-0.25, -0.2) is 15.0 Å². The van der Waals surface area contributed by atoms with Crippen LogP contribution in [0.15, 0.2) is 144 Å². The Labute approximate surface area is 267 Å². The Morgan fingerprint density at radius 3 is 1.93 bits per heavy atom. The predicted molar refractivity (Wildman–Crippen MR) is 191 cm³/mol. The third-order valence-corrected chi connectivity index (χ3v) is 10.0. The highest BCUT2D eigenvalue weighted by molar-refractivity contribution is 7.25. The highest BCUT2D eigenvalue weighted by atomic mass is 32.1. The topological polar surface area (TPSA) is 51.8 Å². The molecule has 214 valence electrons. The SMILES string of the molecule is c1ccc2cc3c(cc2c1)oc1c(-c2nc(-c4ccc5c(c4)sc4ccccc45)nc(-c4cccc5ccccc45)n2)cccc13. The molecule has 0 amide bonds. The highest BCUT2D eigenvalue weighted by Gasteiger charge is 2.19. The molecule has 0 unspecified atom stereocenters. The van der Waals surface area contributed by atoms with Gasteiger partial charge in [0.25, 0.3) is 0 Å². The lowest BCUT2D eigenvalue weighted by atomic mass is 10.0. The first-order valence-corrected chi connectivity index (χ1v) is 16.1. The molecule has 0 radical (unpaired) electrons. The molecule has 0 atom stereocenters. The van der Waals surface area contributed by atoms with E-state index in [4.69, 9.17) is 19.4 Å². The lowest BCUT2D eigenvalue weighted by Gasteiger charge is -2.10. The van der Waals surface area contributed by atoms with Crippen molar-refractivity contribution in [3.8, 4) is 34.2 Å². The van der Waals surface area contributed by atoms with Crippen LogP contribution in [0.1, 0.15) is 0 Å². The summed E-state index contributed by atoms with van der Waals surface area (Å²) in [5.74, 6) is 1.84. The first-order valence-electron chi connectivity index (χ1n) is 15.3. The Kier molecular flexibility index (Phi) is 5.41. The van der Waals surface area contributed by atoms with E-state index in [9.17, 15) is 0 Å². The molecular weight excluding hydrogens is 583 g/mol. The van der Waals surface area contributed by atoms with Gasteiger partial charge in [-0.2, -0.15) is 0 Å². The number of hydrogen-bond acceptors (Lipinski definition) is 5. The van der Waals surface area contributed by atoms with Crippen LogP contribution in [0, 0.1) is 0 Å². The van der Waals surface area contributed by atoms with Crippen molar-refractivity contribution in [2.75, 3.05) is 0 Å². The van der Waals surface area contributed by atoms with Gasteiger partial charge in [-0.1, -0.05) is 109 Å². The summed E-state index contributed by atoms with van der Waals surface area (Å²) in [5, 5.41) is 9.20. The maximum atomic E-state index is 6.60. The molecule has 0 saturated heterocycles. The molecule has 10 aromatic rings. The molecule has 5 heteroatoms. The quantitative estimate of drug-likeness (QED) is 0.201. The average molecular weight is 606 g/mol. The van der Waals surface area contributed by atoms with Gasteiger partial charge in [-0.15, -0.1) is 11.3 Å². The fourth-order valence-corrected chi connectivity index (χ4v) is 7.84. The zero-order chi connectivity index (χ0) is 30.2. The lowest BCUT2D eigenvalue weighted by Crippen LogP contribution is -2.00. The summed E-state index contributed by atoms with van der Waals surface area (Å²) in [5.41, 5.74) is 4.38. The van der Waals surface area contributed by atoms with Gasteiger partial charge >= 0.3 is 0 Å². The van der Waals surface area contributed by atoms with Crippen molar-refractivity contribution in [1.29, 1.82) is 0 Å². The zero-order valence-corrected chi connectivity index (χ0v) is 25.3. The van der Waals surface area contributed by atoms with E-state index < -0.39 is 0 Å². The number of hydrogen-bond donors (Lipinski definition) is 0. The van der Waals surface area contributed by atoms with Crippen LogP contribution in [0.4, 0.5) is 0 Å². The molecule has 3 heterocycles. The van der Waals surface area contributed by atoms with Crippen LogP contribution in [0.3, 0.4) is 0 Å². The van der Waals surface area contributed by atoms with Gasteiger partial charge in [0.05, 0.1) is 5.56 Å². The summed E-state index contributed by atoms with van der Waals surface area (Å²) >= 11 is 1.79. The maximum Gasteiger partial charge on any atom is 0.167 e. The number of aromatic nitrogens is 3. The van der Waals surface area contributed by atoms with Crippen LogP contribution in [0.5, 0.6) is 0 Å². The first kappa shape index (κ1) is 25.4. The van der Waals surface area contributed by atoms with Crippen molar-refractivity contribution in [1.82, 2.24) is 15.0 Å². The van der Waals surface area contributed by atoms with Crippen LogP contribution in [-0.4, -0.2) is 15.0 Å². The van der Waals surface area contributed by atoms with Crippen molar-refractivity contribution in [2.24, 2.45) is 0 Å². The normalized spacial score (nSPS) is 11.9. The van der Waals surface area contributed by atoms with Crippen molar-refractivity contribution in [2.45, 2.75) is 0 Å². The highest BCUT2D eigenvalue weighted by Crippen LogP contribution is 2.39. The molecule has 0 aliphatic rings. The lowest BCUT2D eigenvalue weighted by molar-refractivity contribution is 0.670. The molecule has 0 bridgehead atoms. The molecule has 0 spiro atoms. The smallest absolute Gasteiger partial charge is 0.167 e. The molecule has 3 aromatic heterocycles. The number of para-hydroxylation sites is 1. The summed E-state index contributed by atoms with van der Waals surface area (Å²) in [6, 6.07) is 48.6. The number of benzene rings is 7. The summed E-state index contributed by atoms with van der Waals surface area (Å²) in [4.78, 5) is 15.4. The monoisotopic (exact) mass is 605 g/mol. The Hall–Kier alpha value is -5.91. The second-order valence-corrected chi connectivity index (χ2v) is 12.7. The van der Waals surface area contributed by atoms with Gasteiger partial charge in [0.2, 0.25) is 0 Å². The van der Waals surface area contributed by atoms with Gasteiger partial charge in [0.15, 0.2) is 17.5 Å². The van der Waals surface area contributed by atoms with E-state index in [0.29, 0.717) is 17.5 Å². The van der Waals surface area contributed by atoms with Crippen molar-refractivity contribution < 1.29 is 4.42 Å². The molecule has 10 rings (SSSR count). The number of furan rings is 1. The van der Waals surface area contributed by atoms with Crippen molar-refractivity contribution in [3.05, 3.63) is 140 Å². The molecular formula is C41H23N3OS. The summed E-state index contributed by atoms with van der Waals surface area (Å²) in [6.07, 6.45) is 0. The molecule has 0 fully saturated rings. The van der Waals surface area contributed by atoms with Crippen molar-refractivity contribution in [3.63, 3.8) is 0 Å². The van der Waals surface area contributed by atoms with Crippen LogP contribution >= 0.6 is 11.3 Å². The Morgan fingerprint density at radius 1 is 0.413 bits per heavy atom. The van der Waals surface area contributed by atoms with E-state index in [2.05, 4.69) is 133 Å². The Bertz CT molecular complexity index is 2820. The summed E-state index contributed by atoms with van der Waals surface area (Å²) in [6.45, 7) is 0.